The Morgan fingerprint density at radius 1 is 0.492 bits per heavy atom. The van der Waals surface area contributed by atoms with Crippen LogP contribution >= 0.6 is 12.8 Å². The lowest BCUT2D eigenvalue weighted by Gasteiger charge is -2.31. The zero-order valence-electron chi connectivity index (χ0n) is 31.9. The number of hydrogen-bond donors (Lipinski definition) is 2. The number of aromatic nitrogens is 1. The second kappa shape index (κ2) is 14.2. The summed E-state index contributed by atoms with van der Waals surface area (Å²) in [5.41, 5.74) is 10.9. The molecule has 0 spiro atoms. The van der Waals surface area contributed by atoms with E-state index in [0.717, 1.165) is 61.1 Å². The van der Waals surface area contributed by atoms with Gasteiger partial charge in [0.05, 0.1) is 22.4 Å². The summed E-state index contributed by atoms with van der Waals surface area (Å²) in [6.07, 6.45) is 4.16. The lowest BCUT2D eigenvalue weighted by molar-refractivity contribution is 1.18. The minimum Gasteiger partial charge on any atom is -0.309 e. The predicted octanol–water partition coefficient (Wildman–Crippen LogP) is 14.3. The Hall–Kier alpha value is -7.47. The molecule has 11 rings (SSSR count). The van der Waals surface area contributed by atoms with Crippen LogP contribution in [-0.4, -0.2) is 16.0 Å². The second-order valence-corrected chi connectivity index (χ2v) is 15.2. The Labute approximate surface area is 347 Å². The van der Waals surface area contributed by atoms with Crippen molar-refractivity contribution in [3.8, 4) is 16.8 Å². The smallest absolute Gasteiger partial charge is 0.121 e. The average molecular weight is 773 g/mol. The first-order valence-corrected chi connectivity index (χ1v) is 20.2. The molecule has 0 radical (unpaired) electrons. The number of hydrogen-bond acceptors (Lipinski definition) is 4. The van der Waals surface area contributed by atoms with Crippen molar-refractivity contribution in [2.24, 2.45) is 4.40 Å². The summed E-state index contributed by atoms with van der Waals surface area (Å²) >= 11 is 4.54. The van der Waals surface area contributed by atoms with Crippen LogP contribution in [0.1, 0.15) is 5.56 Å². The van der Waals surface area contributed by atoms with Crippen molar-refractivity contribution in [3.05, 3.63) is 218 Å². The lowest BCUT2D eigenvalue weighted by Crippen LogP contribution is -2.30. The summed E-state index contributed by atoms with van der Waals surface area (Å²) in [5, 5.41) is 19.3. The second-order valence-electron chi connectivity index (χ2n) is 15.0. The van der Waals surface area contributed by atoms with Gasteiger partial charge in [0.1, 0.15) is 5.71 Å². The summed E-state index contributed by atoms with van der Waals surface area (Å²) in [6, 6.07) is 68.6. The van der Waals surface area contributed by atoms with E-state index in [1.807, 2.05) is 18.2 Å². The number of nitrogens with one attached hydrogen (secondary N) is 1. The van der Waals surface area contributed by atoms with Gasteiger partial charge in [-0.1, -0.05) is 146 Å². The van der Waals surface area contributed by atoms with Crippen LogP contribution < -0.4 is 4.90 Å². The monoisotopic (exact) mass is 772 g/mol. The van der Waals surface area contributed by atoms with Crippen molar-refractivity contribution in [2.75, 3.05) is 4.90 Å². The highest BCUT2D eigenvalue weighted by atomic mass is 32.1. The predicted molar refractivity (Wildman–Crippen MR) is 254 cm³/mol. The van der Waals surface area contributed by atoms with Crippen molar-refractivity contribution in [1.29, 1.82) is 5.41 Å². The highest BCUT2D eigenvalue weighted by Crippen LogP contribution is 2.42. The van der Waals surface area contributed by atoms with E-state index in [-0.39, 0.29) is 0 Å². The molecule has 1 aliphatic rings. The Morgan fingerprint density at radius 3 is 1.85 bits per heavy atom. The van der Waals surface area contributed by atoms with Gasteiger partial charge in [-0.25, -0.2) is 4.40 Å². The van der Waals surface area contributed by atoms with E-state index >= 15 is 0 Å². The number of anilines is 2. The fraction of sp³-hybridized carbons (Fsp3) is 0. The normalized spacial score (nSPS) is 13.8. The number of nitrogens with zero attached hydrogens (tertiary/aromatic N) is 3. The van der Waals surface area contributed by atoms with E-state index in [1.54, 1.807) is 0 Å². The van der Waals surface area contributed by atoms with Crippen LogP contribution in [0.25, 0.3) is 76.5 Å². The van der Waals surface area contributed by atoms with E-state index in [4.69, 9.17) is 0 Å². The number of thiol groups is 1. The quantitative estimate of drug-likeness (QED) is 0.0987. The van der Waals surface area contributed by atoms with Gasteiger partial charge in [-0.2, -0.15) is 0 Å². The Morgan fingerprint density at radius 2 is 1.12 bits per heavy atom. The molecule has 1 aliphatic carbocycles. The molecule has 4 nitrogen and oxygen atoms in total. The van der Waals surface area contributed by atoms with Gasteiger partial charge in [-0.15, -0.1) is 0 Å². The van der Waals surface area contributed by atoms with Gasteiger partial charge in [0.2, 0.25) is 0 Å². The molecule has 0 fully saturated rings. The van der Waals surface area contributed by atoms with Gasteiger partial charge in [-0.3, -0.25) is 5.41 Å². The van der Waals surface area contributed by atoms with Crippen molar-refractivity contribution in [3.63, 3.8) is 0 Å². The van der Waals surface area contributed by atoms with Crippen LogP contribution in [0.2, 0.25) is 0 Å². The van der Waals surface area contributed by atoms with Crippen LogP contribution in [0, 0.1) is 5.41 Å². The van der Waals surface area contributed by atoms with Gasteiger partial charge in [0, 0.05) is 39.0 Å². The Kier molecular flexibility index (Phi) is 8.35. The lowest BCUT2D eigenvalue weighted by atomic mass is 9.90. The van der Waals surface area contributed by atoms with Crippen LogP contribution in [0.15, 0.2) is 216 Å². The topological polar surface area (TPSA) is 44.4 Å². The van der Waals surface area contributed by atoms with Gasteiger partial charge in [-0.05, 0) is 117 Å². The summed E-state index contributed by atoms with van der Waals surface area (Å²) < 4.78 is 6.88. The molecule has 0 saturated carbocycles. The zero-order valence-corrected chi connectivity index (χ0v) is 32.8. The van der Waals surface area contributed by atoms with Gasteiger partial charge in [0.15, 0.2) is 0 Å². The molecule has 9 aromatic carbocycles. The van der Waals surface area contributed by atoms with Crippen molar-refractivity contribution >= 4 is 95.3 Å². The maximum Gasteiger partial charge on any atom is 0.121 e. The summed E-state index contributed by atoms with van der Waals surface area (Å²) in [6.45, 7) is 0. The third-order valence-corrected chi connectivity index (χ3v) is 11.9. The van der Waals surface area contributed by atoms with E-state index in [2.05, 4.69) is 215 Å². The highest BCUT2D eigenvalue weighted by Gasteiger charge is 2.29. The molecule has 0 bridgehead atoms. The summed E-state index contributed by atoms with van der Waals surface area (Å²) in [5.74, 6) is 0. The Bertz CT molecular complexity index is 3360. The number of fused-ring (bicyclic) bond motifs is 6. The number of benzene rings is 9. The van der Waals surface area contributed by atoms with Gasteiger partial charge >= 0.3 is 0 Å². The van der Waals surface area contributed by atoms with Crippen molar-refractivity contribution < 1.29 is 0 Å². The molecule has 0 unspecified atom stereocenters. The number of rotatable bonds is 6. The SMILES string of the molecule is N=C1C(c2cccc3c4ccccc4n(-c4ccc(-c5c6ccccc6cc6ccccc56)cc4)c23)=CC=C(N(c2ccccc2)c2ccc3ccccc3c2)/C1=N/S. The Balaban J connectivity index is 1.09. The standard InChI is InChI=1S/C54H36N4S/c55-52-46(31-32-50(53(52)56-59)57(40-17-2-1-3-18-40)42-30-25-35-13-4-5-14-37(35)34-42)48-23-12-22-47-45-21-10-11-24-49(45)58(54(47)48)41-28-26-36(27-29-41)51-43-19-8-6-15-38(43)33-39-16-7-9-20-44(39)51/h1-34,55,59H/b55-52?,56-53-. The summed E-state index contributed by atoms with van der Waals surface area (Å²) in [4.78, 5) is 2.17. The molecule has 1 N–H and O–H groups in total. The zero-order chi connectivity index (χ0) is 39.5. The molecule has 59 heavy (non-hydrogen) atoms. The maximum absolute atomic E-state index is 9.84. The molecule has 0 amide bonds. The number of para-hydroxylation sites is 3. The molecule has 0 aliphatic heterocycles. The van der Waals surface area contributed by atoms with Crippen LogP contribution in [0.5, 0.6) is 0 Å². The summed E-state index contributed by atoms with van der Waals surface area (Å²) in [7, 11) is 0. The van der Waals surface area contributed by atoms with Crippen LogP contribution in [0.4, 0.5) is 11.4 Å². The first-order chi connectivity index (χ1) is 29.2. The van der Waals surface area contributed by atoms with Crippen LogP contribution in [-0.2, 0) is 0 Å². The van der Waals surface area contributed by atoms with E-state index < -0.39 is 0 Å². The molecule has 0 atom stereocenters. The molecular weight excluding hydrogens is 737 g/mol. The average Bonchev–Trinajstić information content (AvgIpc) is 3.64. The third kappa shape index (κ3) is 5.70. The molecule has 0 saturated heterocycles. The molecular formula is C54H36N4S. The van der Waals surface area contributed by atoms with E-state index in [1.165, 1.54) is 38.1 Å². The molecule has 5 heteroatoms. The van der Waals surface area contributed by atoms with E-state index in [0.29, 0.717) is 11.4 Å². The first kappa shape index (κ1) is 34.8. The molecule has 1 heterocycles. The fourth-order valence-electron chi connectivity index (χ4n) is 9.01. The van der Waals surface area contributed by atoms with Crippen molar-refractivity contribution in [1.82, 2.24) is 4.57 Å². The molecule has 10 aromatic rings. The van der Waals surface area contributed by atoms with Crippen LogP contribution in [0.3, 0.4) is 0 Å². The maximum atomic E-state index is 9.84. The van der Waals surface area contributed by atoms with Gasteiger partial charge < -0.3 is 9.47 Å². The number of allylic oxidation sites excluding steroid dienone is 4. The minimum absolute atomic E-state index is 0.307. The molecule has 1 aromatic heterocycles. The largest absolute Gasteiger partial charge is 0.309 e. The molecule has 278 valence electrons. The minimum atomic E-state index is 0.307. The third-order valence-electron chi connectivity index (χ3n) is 11.7. The highest BCUT2D eigenvalue weighted by molar-refractivity contribution is 7.79. The fourth-order valence-corrected chi connectivity index (χ4v) is 9.21. The van der Waals surface area contributed by atoms with Crippen molar-refractivity contribution in [2.45, 2.75) is 0 Å². The van der Waals surface area contributed by atoms with Gasteiger partial charge in [0.25, 0.3) is 0 Å². The first-order valence-electron chi connectivity index (χ1n) is 19.8. The van der Waals surface area contributed by atoms with E-state index in [9.17, 15) is 5.41 Å².